The van der Waals surface area contributed by atoms with Crippen LogP contribution >= 0.6 is 15.9 Å². The normalized spacial score (nSPS) is 11.3. The van der Waals surface area contributed by atoms with Crippen LogP contribution in [0.2, 0.25) is 0 Å². The number of aromatic nitrogens is 1. The minimum atomic E-state index is -4.60. The van der Waals surface area contributed by atoms with E-state index in [4.69, 9.17) is 15.2 Å². The van der Waals surface area contributed by atoms with Crippen LogP contribution < -0.4 is 15.2 Å². The highest BCUT2D eigenvalue weighted by Gasteiger charge is 2.36. The maximum absolute atomic E-state index is 13.0. The van der Waals surface area contributed by atoms with E-state index in [9.17, 15) is 13.2 Å². The van der Waals surface area contributed by atoms with Crippen LogP contribution in [-0.2, 0) is 6.18 Å². The maximum atomic E-state index is 13.0. The van der Waals surface area contributed by atoms with Crippen molar-refractivity contribution >= 4 is 21.6 Å². The Morgan fingerprint density at radius 2 is 1.95 bits per heavy atom. The molecule has 0 spiro atoms. The lowest BCUT2D eigenvalue weighted by molar-refractivity contribution is -0.138. The summed E-state index contributed by atoms with van der Waals surface area (Å²) < 4.78 is 49.3. The van der Waals surface area contributed by atoms with Crippen LogP contribution in [-0.4, -0.2) is 12.1 Å². The lowest BCUT2D eigenvalue weighted by Gasteiger charge is -2.14. The van der Waals surface area contributed by atoms with Gasteiger partial charge < -0.3 is 15.2 Å². The molecular weight excluding hydrogens is 353 g/mol. The van der Waals surface area contributed by atoms with Crippen molar-refractivity contribution in [3.05, 3.63) is 40.5 Å². The number of anilines is 1. The number of benzene rings is 1. The fourth-order valence-corrected chi connectivity index (χ4v) is 1.88. The van der Waals surface area contributed by atoms with Crippen LogP contribution in [0.3, 0.4) is 0 Å². The first-order valence-electron chi connectivity index (χ1n) is 5.65. The number of ether oxygens (including phenoxy) is 2. The van der Waals surface area contributed by atoms with Gasteiger partial charge in [-0.1, -0.05) is 0 Å². The van der Waals surface area contributed by atoms with Gasteiger partial charge in [0.15, 0.2) is 5.75 Å². The molecule has 0 unspecified atom stereocenters. The number of hydrogen-bond acceptors (Lipinski definition) is 4. The van der Waals surface area contributed by atoms with E-state index in [0.717, 1.165) is 6.07 Å². The molecule has 1 aromatic carbocycles. The van der Waals surface area contributed by atoms with Gasteiger partial charge in [-0.25, -0.2) is 4.98 Å². The van der Waals surface area contributed by atoms with Crippen LogP contribution in [0.25, 0.3) is 0 Å². The first-order valence-corrected chi connectivity index (χ1v) is 6.44. The quantitative estimate of drug-likeness (QED) is 0.829. The SMILES string of the molecule is COc1ccc(N)c(Oc2ncc(Br)cc2C(F)(F)F)c1. The fraction of sp³-hybridized carbons (Fsp3) is 0.154. The zero-order valence-corrected chi connectivity index (χ0v) is 12.3. The van der Waals surface area contributed by atoms with Crippen molar-refractivity contribution < 1.29 is 22.6 Å². The summed E-state index contributed by atoms with van der Waals surface area (Å²) in [6, 6.07) is 5.32. The number of rotatable bonds is 3. The van der Waals surface area contributed by atoms with Gasteiger partial charge in [-0.2, -0.15) is 13.2 Å². The summed E-state index contributed by atoms with van der Waals surface area (Å²) in [5.74, 6) is -0.134. The third-order valence-electron chi connectivity index (χ3n) is 2.55. The Kier molecular flexibility index (Phi) is 4.26. The van der Waals surface area contributed by atoms with Crippen molar-refractivity contribution in [2.24, 2.45) is 0 Å². The minimum absolute atomic E-state index is 0.0367. The van der Waals surface area contributed by atoms with Crippen molar-refractivity contribution in [1.82, 2.24) is 4.98 Å². The predicted molar refractivity (Wildman–Crippen MR) is 74.4 cm³/mol. The number of nitrogens with two attached hydrogens (primary N) is 1. The van der Waals surface area contributed by atoms with E-state index >= 15 is 0 Å². The predicted octanol–water partition coefficient (Wildman–Crippen LogP) is 4.25. The van der Waals surface area contributed by atoms with E-state index < -0.39 is 17.6 Å². The van der Waals surface area contributed by atoms with E-state index in [1.807, 2.05) is 0 Å². The lowest BCUT2D eigenvalue weighted by Crippen LogP contribution is -2.09. The molecule has 112 valence electrons. The molecule has 1 aromatic heterocycles. The molecule has 0 aliphatic rings. The standard InChI is InChI=1S/C13H10BrF3N2O2/c1-20-8-2-3-10(18)11(5-8)21-12-9(13(15,16)17)4-7(14)6-19-12/h2-6H,18H2,1H3. The minimum Gasteiger partial charge on any atom is -0.497 e. The van der Waals surface area contributed by atoms with E-state index in [1.165, 1.54) is 25.4 Å². The summed E-state index contributed by atoms with van der Waals surface area (Å²) in [6.07, 6.45) is -3.39. The second kappa shape index (κ2) is 5.80. The lowest BCUT2D eigenvalue weighted by atomic mass is 10.2. The topological polar surface area (TPSA) is 57.4 Å². The molecule has 0 aliphatic carbocycles. The largest absolute Gasteiger partial charge is 0.497 e. The van der Waals surface area contributed by atoms with Gasteiger partial charge in [0, 0.05) is 16.7 Å². The molecule has 0 radical (unpaired) electrons. The van der Waals surface area contributed by atoms with Gasteiger partial charge in [0.1, 0.15) is 11.3 Å². The van der Waals surface area contributed by atoms with Gasteiger partial charge in [-0.15, -0.1) is 0 Å². The number of halogens is 4. The van der Waals surface area contributed by atoms with E-state index in [1.54, 1.807) is 6.07 Å². The van der Waals surface area contributed by atoms with Crippen LogP contribution in [0.15, 0.2) is 34.9 Å². The van der Waals surface area contributed by atoms with Crippen LogP contribution in [0, 0.1) is 0 Å². The van der Waals surface area contributed by atoms with Crippen LogP contribution in [0.5, 0.6) is 17.4 Å². The zero-order valence-electron chi connectivity index (χ0n) is 10.7. The molecule has 0 saturated heterocycles. The van der Waals surface area contributed by atoms with Gasteiger partial charge in [-0.05, 0) is 34.1 Å². The summed E-state index contributed by atoms with van der Waals surface area (Å²) in [5.41, 5.74) is 4.86. The third kappa shape index (κ3) is 3.57. The fourth-order valence-electron chi connectivity index (χ4n) is 1.55. The molecule has 8 heteroatoms. The number of hydrogen-bond donors (Lipinski definition) is 1. The van der Waals surface area contributed by atoms with Gasteiger partial charge in [0.2, 0.25) is 5.88 Å². The summed E-state index contributed by atoms with van der Waals surface area (Å²) >= 11 is 2.95. The highest BCUT2D eigenvalue weighted by molar-refractivity contribution is 9.10. The van der Waals surface area contributed by atoms with Crippen molar-refractivity contribution in [3.8, 4) is 17.4 Å². The first kappa shape index (κ1) is 15.4. The molecule has 0 fully saturated rings. The van der Waals surface area contributed by atoms with E-state index in [2.05, 4.69) is 20.9 Å². The average molecular weight is 363 g/mol. The summed E-state index contributed by atoms with van der Waals surface area (Å²) in [7, 11) is 1.42. The Morgan fingerprint density at radius 1 is 1.24 bits per heavy atom. The molecule has 0 atom stereocenters. The molecular formula is C13H10BrF3N2O2. The zero-order chi connectivity index (χ0) is 15.6. The molecule has 2 N–H and O–H groups in total. The molecule has 2 rings (SSSR count). The Hall–Kier alpha value is -1.96. The summed E-state index contributed by atoms with van der Waals surface area (Å²) in [5, 5.41) is 0. The molecule has 0 bridgehead atoms. The number of methoxy groups -OCH3 is 1. The average Bonchev–Trinajstić information content (AvgIpc) is 2.42. The molecule has 1 heterocycles. The van der Waals surface area contributed by atoms with Crippen molar-refractivity contribution in [3.63, 3.8) is 0 Å². The van der Waals surface area contributed by atoms with Crippen molar-refractivity contribution in [2.75, 3.05) is 12.8 Å². The van der Waals surface area contributed by atoms with Gasteiger partial charge in [-0.3, -0.25) is 0 Å². The maximum Gasteiger partial charge on any atom is 0.421 e. The molecule has 0 saturated carbocycles. The number of nitrogens with zero attached hydrogens (tertiary/aromatic N) is 1. The number of pyridine rings is 1. The monoisotopic (exact) mass is 362 g/mol. The van der Waals surface area contributed by atoms with E-state index in [0.29, 0.717) is 5.75 Å². The molecule has 2 aromatic rings. The molecule has 4 nitrogen and oxygen atoms in total. The van der Waals surface area contributed by atoms with Gasteiger partial charge in [0.25, 0.3) is 0 Å². The van der Waals surface area contributed by atoms with Crippen LogP contribution in [0.4, 0.5) is 18.9 Å². The Morgan fingerprint density at radius 3 is 2.57 bits per heavy atom. The first-order chi connectivity index (χ1) is 9.81. The van der Waals surface area contributed by atoms with Gasteiger partial charge >= 0.3 is 6.18 Å². The number of alkyl halides is 3. The van der Waals surface area contributed by atoms with Crippen molar-refractivity contribution in [1.29, 1.82) is 0 Å². The summed E-state index contributed by atoms with van der Waals surface area (Å²) in [6.45, 7) is 0. The second-order valence-electron chi connectivity index (χ2n) is 4.01. The smallest absolute Gasteiger partial charge is 0.421 e. The van der Waals surface area contributed by atoms with Gasteiger partial charge in [0.05, 0.1) is 12.8 Å². The second-order valence-corrected chi connectivity index (χ2v) is 4.93. The van der Waals surface area contributed by atoms with Crippen molar-refractivity contribution in [2.45, 2.75) is 6.18 Å². The molecule has 0 aliphatic heterocycles. The Labute approximate surface area is 126 Å². The Balaban J connectivity index is 2.45. The highest BCUT2D eigenvalue weighted by atomic mass is 79.9. The number of nitrogen functional groups attached to an aromatic ring is 1. The Bertz CT molecular complexity index is 662. The summed E-state index contributed by atoms with van der Waals surface area (Å²) in [4.78, 5) is 3.65. The molecule has 0 amide bonds. The third-order valence-corrected chi connectivity index (χ3v) is 2.98. The highest BCUT2D eigenvalue weighted by Crippen LogP contribution is 2.39. The van der Waals surface area contributed by atoms with E-state index in [-0.39, 0.29) is 15.9 Å². The van der Waals surface area contributed by atoms with Crippen LogP contribution in [0.1, 0.15) is 5.56 Å². The molecule has 21 heavy (non-hydrogen) atoms.